The first-order chi connectivity index (χ1) is 15.3. The fraction of sp³-hybridized carbons (Fsp3) is 0.154. The van der Waals surface area contributed by atoms with Crippen LogP contribution in [0.3, 0.4) is 0 Å². The molecule has 5 rings (SSSR count). The Hall–Kier alpha value is -3.46. The van der Waals surface area contributed by atoms with Gasteiger partial charge in [-0.15, -0.1) is 0 Å². The molecule has 5 aromatic rings. The van der Waals surface area contributed by atoms with Gasteiger partial charge < -0.3 is 4.42 Å². The lowest BCUT2D eigenvalue weighted by molar-refractivity contribution is -0.660. The van der Waals surface area contributed by atoms with E-state index in [-0.39, 0.29) is 0 Å². The van der Waals surface area contributed by atoms with Crippen molar-refractivity contribution in [2.75, 3.05) is 0 Å². The molecule has 3 aromatic heterocycles. The predicted molar refractivity (Wildman–Crippen MR) is 118 cm³/mol. The molecule has 0 aliphatic heterocycles. The number of pyridine rings is 2. The summed E-state index contributed by atoms with van der Waals surface area (Å²) in [5.74, 6) is 0. The van der Waals surface area contributed by atoms with Gasteiger partial charge in [0.05, 0.1) is 5.56 Å². The highest BCUT2D eigenvalue weighted by Gasteiger charge is 2.24. The molecule has 29 heavy (non-hydrogen) atoms. The standard InChI is InChI=1S/C26H23N2O/c1-16-13-17(2)24(25-23(16)20-11-8-12-27-26(20)29-25)22-14-21(18(3)15-28(22)4)19-9-6-5-7-10-19/h5-15H,1-4H3/q+1/i1D3. The van der Waals surface area contributed by atoms with E-state index >= 15 is 0 Å². The van der Waals surface area contributed by atoms with Gasteiger partial charge in [-0.2, -0.15) is 0 Å². The van der Waals surface area contributed by atoms with Crippen LogP contribution < -0.4 is 4.57 Å². The van der Waals surface area contributed by atoms with Crippen LogP contribution in [0, 0.1) is 20.7 Å². The van der Waals surface area contributed by atoms with Crippen LogP contribution in [0.25, 0.3) is 44.5 Å². The lowest BCUT2D eigenvalue weighted by atomic mass is 9.94. The second kappa shape index (κ2) is 6.56. The Labute approximate surface area is 174 Å². The summed E-state index contributed by atoms with van der Waals surface area (Å²) in [7, 11) is 2.00. The Kier molecular flexibility index (Phi) is 3.28. The van der Waals surface area contributed by atoms with E-state index in [1.54, 1.807) is 18.3 Å². The first-order valence-electron chi connectivity index (χ1n) is 11.1. The minimum Gasteiger partial charge on any atom is -0.437 e. The van der Waals surface area contributed by atoms with Crippen LogP contribution in [0.4, 0.5) is 0 Å². The van der Waals surface area contributed by atoms with Crippen molar-refractivity contribution >= 4 is 22.1 Å². The third kappa shape index (κ3) is 2.73. The fourth-order valence-electron chi connectivity index (χ4n) is 4.19. The lowest BCUT2D eigenvalue weighted by Crippen LogP contribution is -2.31. The molecule has 0 N–H and O–H groups in total. The predicted octanol–water partition coefficient (Wildman–Crippen LogP) is 6.06. The van der Waals surface area contributed by atoms with Crippen molar-refractivity contribution < 1.29 is 13.1 Å². The molecule has 0 fully saturated rings. The fourth-order valence-corrected chi connectivity index (χ4v) is 4.19. The Morgan fingerprint density at radius 2 is 1.79 bits per heavy atom. The van der Waals surface area contributed by atoms with Crippen molar-refractivity contribution in [1.82, 2.24) is 4.98 Å². The smallest absolute Gasteiger partial charge is 0.227 e. The molecule has 142 valence electrons. The van der Waals surface area contributed by atoms with E-state index in [1.165, 1.54) is 0 Å². The molecule has 3 heteroatoms. The number of benzene rings is 2. The van der Waals surface area contributed by atoms with Crippen molar-refractivity contribution in [2.45, 2.75) is 20.7 Å². The van der Waals surface area contributed by atoms with E-state index in [2.05, 4.69) is 40.9 Å². The van der Waals surface area contributed by atoms with Gasteiger partial charge in [0.1, 0.15) is 7.05 Å². The van der Waals surface area contributed by atoms with Crippen molar-refractivity contribution in [3.63, 3.8) is 0 Å². The number of aromatic nitrogens is 2. The molecule has 0 saturated heterocycles. The molecule has 2 aromatic carbocycles. The molecular weight excluding hydrogens is 356 g/mol. The van der Waals surface area contributed by atoms with Crippen molar-refractivity contribution in [2.24, 2.45) is 7.05 Å². The summed E-state index contributed by atoms with van der Waals surface area (Å²) in [4.78, 5) is 4.35. The second-order valence-corrected chi connectivity index (χ2v) is 7.51. The quantitative estimate of drug-likeness (QED) is 0.347. The molecular formula is C26H23N2O+. The van der Waals surface area contributed by atoms with E-state index in [4.69, 9.17) is 8.53 Å². The monoisotopic (exact) mass is 382 g/mol. The molecule has 0 unspecified atom stereocenters. The molecule has 3 heterocycles. The van der Waals surface area contributed by atoms with Gasteiger partial charge in [0.2, 0.25) is 11.4 Å². The van der Waals surface area contributed by atoms with Gasteiger partial charge in [-0.3, -0.25) is 0 Å². The van der Waals surface area contributed by atoms with Crippen LogP contribution in [0.2, 0.25) is 0 Å². The molecule has 0 spiro atoms. The SMILES string of the molecule is [2H]C([2H])([2H])c1cc(C)c(-c2cc(-c3ccccc3)c(C)c[n+]2C)c2oc3ncccc3c12. The number of nitrogens with zero attached hydrogens (tertiary/aromatic N) is 2. The maximum Gasteiger partial charge on any atom is 0.227 e. The van der Waals surface area contributed by atoms with E-state index < -0.39 is 6.85 Å². The zero-order valence-corrected chi connectivity index (χ0v) is 16.7. The van der Waals surface area contributed by atoms with Crippen molar-refractivity contribution in [3.8, 4) is 22.4 Å². The first-order valence-corrected chi connectivity index (χ1v) is 9.63. The van der Waals surface area contributed by atoms with Crippen molar-refractivity contribution in [3.05, 3.63) is 83.7 Å². The van der Waals surface area contributed by atoms with Crippen LogP contribution >= 0.6 is 0 Å². The summed E-state index contributed by atoms with van der Waals surface area (Å²) >= 11 is 0. The maximum atomic E-state index is 8.12. The average molecular weight is 383 g/mol. The molecule has 0 aliphatic carbocycles. The maximum absolute atomic E-state index is 8.12. The Bertz CT molecular complexity index is 1480. The molecule has 0 bridgehead atoms. The third-order valence-electron chi connectivity index (χ3n) is 5.53. The third-order valence-corrected chi connectivity index (χ3v) is 5.53. The summed E-state index contributed by atoms with van der Waals surface area (Å²) in [6.07, 6.45) is 3.76. The second-order valence-electron chi connectivity index (χ2n) is 7.51. The minimum absolute atomic E-state index is 0.290. The van der Waals surface area contributed by atoms with Crippen molar-refractivity contribution in [1.29, 1.82) is 0 Å². The van der Waals surface area contributed by atoms with Crippen LogP contribution in [-0.4, -0.2) is 4.98 Å². The molecule has 3 nitrogen and oxygen atoms in total. The van der Waals surface area contributed by atoms with Crippen LogP contribution in [-0.2, 0) is 7.05 Å². The van der Waals surface area contributed by atoms with Gasteiger partial charge >= 0.3 is 0 Å². The number of hydrogen-bond acceptors (Lipinski definition) is 2. The lowest BCUT2D eigenvalue weighted by Gasteiger charge is -2.11. The summed E-state index contributed by atoms with van der Waals surface area (Å²) in [5.41, 5.74) is 7.38. The molecule has 0 amide bonds. The van der Waals surface area contributed by atoms with Gasteiger partial charge in [0.15, 0.2) is 11.8 Å². The van der Waals surface area contributed by atoms with E-state index in [9.17, 15) is 0 Å². The number of aryl methyl sites for hydroxylation is 4. The molecule has 0 radical (unpaired) electrons. The molecule has 0 atom stereocenters. The zero-order chi connectivity index (χ0) is 22.6. The highest BCUT2D eigenvalue weighted by Crippen LogP contribution is 2.39. The minimum atomic E-state index is -2.27. The van der Waals surface area contributed by atoms with Gasteiger partial charge in [0.25, 0.3) is 0 Å². The largest absolute Gasteiger partial charge is 0.437 e. The summed E-state index contributed by atoms with van der Waals surface area (Å²) in [6.45, 7) is 1.77. The van der Waals surface area contributed by atoms with Gasteiger partial charge in [-0.1, -0.05) is 36.4 Å². The summed E-state index contributed by atoms with van der Waals surface area (Å²) in [5, 5.41) is 1.32. The Balaban J connectivity index is 1.90. The number of hydrogen-bond donors (Lipinski definition) is 0. The van der Waals surface area contributed by atoms with Gasteiger partial charge in [0, 0.05) is 32.7 Å². The molecule has 0 saturated carbocycles. The number of rotatable bonds is 2. The van der Waals surface area contributed by atoms with Crippen LogP contribution in [0.15, 0.2) is 71.4 Å². The normalized spacial score (nSPS) is 13.4. The van der Waals surface area contributed by atoms with E-state index in [0.717, 1.165) is 33.5 Å². The van der Waals surface area contributed by atoms with E-state index in [0.29, 0.717) is 27.6 Å². The topological polar surface area (TPSA) is 29.9 Å². The van der Waals surface area contributed by atoms with E-state index in [1.807, 2.05) is 38.2 Å². The summed E-state index contributed by atoms with van der Waals surface area (Å²) < 4.78 is 32.7. The Morgan fingerprint density at radius 1 is 0.966 bits per heavy atom. The highest BCUT2D eigenvalue weighted by atomic mass is 16.3. The Morgan fingerprint density at radius 3 is 2.59 bits per heavy atom. The van der Waals surface area contributed by atoms with Crippen LogP contribution in [0.5, 0.6) is 0 Å². The van der Waals surface area contributed by atoms with Gasteiger partial charge in [-0.25, -0.2) is 9.55 Å². The van der Waals surface area contributed by atoms with Gasteiger partial charge in [-0.05, 0) is 55.1 Å². The number of fused-ring (bicyclic) bond motifs is 3. The number of furan rings is 1. The molecule has 0 aliphatic rings. The zero-order valence-electron chi connectivity index (χ0n) is 19.7. The first kappa shape index (κ1) is 14.5. The highest BCUT2D eigenvalue weighted by molar-refractivity contribution is 6.10. The average Bonchev–Trinajstić information content (AvgIpc) is 3.13. The van der Waals surface area contributed by atoms with Crippen LogP contribution in [0.1, 0.15) is 20.8 Å². The summed E-state index contributed by atoms with van der Waals surface area (Å²) in [6, 6.07) is 17.9.